The van der Waals surface area contributed by atoms with Gasteiger partial charge in [-0.1, -0.05) is 12.1 Å². The molecule has 0 saturated carbocycles. The lowest BCUT2D eigenvalue weighted by molar-refractivity contribution is 0.415. The maximum atomic E-state index is 5.32. The molecule has 0 fully saturated rings. The number of aromatic nitrogens is 2. The first-order chi connectivity index (χ1) is 8.22. The minimum absolute atomic E-state index is 0.405. The molecule has 88 valence electrons. The Bertz CT molecular complexity index is 528. The number of nitrogens with one attached hydrogen (secondary N) is 1. The van der Waals surface area contributed by atoms with Crippen LogP contribution >= 0.6 is 0 Å². The van der Waals surface area contributed by atoms with Gasteiger partial charge in [0.05, 0.1) is 12.8 Å². The van der Waals surface area contributed by atoms with E-state index in [2.05, 4.69) is 15.4 Å². The van der Waals surface area contributed by atoms with Gasteiger partial charge in [0.1, 0.15) is 5.75 Å². The van der Waals surface area contributed by atoms with Crippen molar-refractivity contribution in [2.24, 2.45) is 5.84 Å². The molecule has 0 radical (unpaired) electrons. The van der Waals surface area contributed by atoms with Crippen LogP contribution in [0.4, 0.5) is 5.95 Å². The average Bonchev–Trinajstić information content (AvgIpc) is 2.38. The van der Waals surface area contributed by atoms with Gasteiger partial charge in [-0.15, -0.1) is 0 Å². The topological polar surface area (TPSA) is 73.1 Å². The van der Waals surface area contributed by atoms with Crippen LogP contribution in [-0.4, -0.2) is 17.1 Å². The van der Waals surface area contributed by atoms with E-state index in [9.17, 15) is 0 Å². The Kier molecular flexibility index (Phi) is 3.20. The molecule has 1 aromatic carbocycles. The van der Waals surface area contributed by atoms with Crippen molar-refractivity contribution in [1.29, 1.82) is 0 Å². The van der Waals surface area contributed by atoms with Crippen molar-refractivity contribution in [3.8, 4) is 17.0 Å². The predicted molar refractivity (Wildman–Crippen MR) is 66.6 cm³/mol. The van der Waals surface area contributed by atoms with Crippen LogP contribution in [0.5, 0.6) is 5.75 Å². The molecule has 5 nitrogen and oxygen atoms in total. The number of nitrogen functional groups attached to an aromatic ring is 1. The van der Waals surface area contributed by atoms with Crippen molar-refractivity contribution in [1.82, 2.24) is 9.97 Å². The number of methoxy groups -OCH3 is 1. The quantitative estimate of drug-likeness (QED) is 0.620. The highest BCUT2D eigenvalue weighted by Gasteiger charge is 2.04. The summed E-state index contributed by atoms with van der Waals surface area (Å²) in [4.78, 5) is 8.44. The van der Waals surface area contributed by atoms with E-state index in [1.165, 1.54) is 0 Å². The molecule has 17 heavy (non-hydrogen) atoms. The highest BCUT2D eigenvalue weighted by atomic mass is 16.5. The van der Waals surface area contributed by atoms with Crippen LogP contribution in [0.25, 0.3) is 11.3 Å². The second-order valence-corrected chi connectivity index (χ2v) is 3.59. The fraction of sp³-hybridized carbons (Fsp3) is 0.167. The molecule has 1 aromatic heterocycles. The molecule has 3 N–H and O–H groups in total. The zero-order valence-corrected chi connectivity index (χ0v) is 9.77. The van der Waals surface area contributed by atoms with E-state index in [-0.39, 0.29) is 0 Å². The summed E-state index contributed by atoms with van der Waals surface area (Å²) in [6.45, 7) is 1.90. The van der Waals surface area contributed by atoms with Gasteiger partial charge in [0.25, 0.3) is 0 Å². The summed E-state index contributed by atoms with van der Waals surface area (Å²) < 4.78 is 5.18. The number of nitrogens with zero attached hydrogens (tertiary/aromatic N) is 2. The summed E-state index contributed by atoms with van der Waals surface area (Å²) in [5, 5.41) is 0. The minimum atomic E-state index is 0.405. The third-order valence-electron chi connectivity index (χ3n) is 2.35. The van der Waals surface area contributed by atoms with E-state index >= 15 is 0 Å². The lowest BCUT2D eigenvalue weighted by Crippen LogP contribution is -2.11. The highest BCUT2D eigenvalue weighted by Crippen LogP contribution is 2.23. The van der Waals surface area contributed by atoms with Gasteiger partial charge >= 0.3 is 0 Å². The van der Waals surface area contributed by atoms with Gasteiger partial charge in [-0.3, -0.25) is 5.43 Å². The van der Waals surface area contributed by atoms with E-state index < -0.39 is 0 Å². The minimum Gasteiger partial charge on any atom is -0.497 e. The monoisotopic (exact) mass is 230 g/mol. The summed E-state index contributed by atoms with van der Waals surface area (Å²) in [5.74, 6) is 6.52. The number of rotatable bonds is 3. The molecule has 0 saturated heterocycles. The Hall–Kier alpha value is -2.14. The number of ether oxygens (including phenoxy) is 1. The van der Waals surface area contributed by atoms with Crippen molar-refractivity contribution in [2.45, 2.75) is 6.92 Å². The van der Waals surface area contributed by atoms with Crippen LogP contribution in [0.2, 0.25) is 0 Å². The third-order valence-corrected chi connectivity index (χ3v) is 2.35. The van der Waals surface area contributed by atoms with Gasteiger partial charge in [-0.05, 0) is 25.1 Å². The Morgan fingerprint density at radius 1 is 1.24 bits per heavy atom. The molecule has 0 unspecified atom stereocenters. The summed E-state index contributed by atoms with van der Waals surface area (Å²) >= 11 is 0. The predicted octanol–water partition coefficient (Wildman–Crippen LogP) is 1.75. The van der Waals surface area contributed by atoms with Crippen molar-refractivity contribution in [2.75, 3.05) is 12.5 Å². The van der Waals surface area contributed by atoms with Gasteiger partial charge in [0.15, 0.2) is 0 Å². The molecule has 0 aliphatic carbocycles. The van der Waals surface area contributed by atoms with Gasteiger partial charge in [-0.2, -0.15) is 0 Å². The summed E-state index contributed by atoms with van der Waals surface area (Å²) in [6.07, 6.45) is 0. The first-order valence-corrected chi connectivity index (χ1v) is 5.19. The van der Waals surface area contributed by atoms with Crippen LogP contribution in [-0.2, 0) is 0 Å². The molecule has 0 atom stereocenters. The fourth-order valence-corrected chi connectivity index (χ4v) is 1.56. The maximum Gasteiger partial charge on any atom is 0.237 e. The zero-order valence-electron chi connectivity index (χ0n) is 9.77. The van der Waals surface area contributed by atoms with Gasteiger partial charge in [0, 0.05) is 11.3 Å². The van der Waals surface area contributed by atoms with E-state index in [0.29, 0.717) is 5.95 Å². The second-order valence-electron chi connectivity index (χ2n) is 3.59. The number of hydrogen-bond donors (Lipinski definition) is 2. The summed E-state index contributed by atoms with van der Waals surface area (Å²) in [5.41, 5.74) is 5.08. The van der Waals surface area contributed by atoms with Crippen LogP contribution in [0.1, 0.15) is 5.69 Å². The van der Waals surface area contributed by atoms with Crippen LogP contribution in [0.15, 0.2) is 30.3 Å². The van der Waals surface area contributed by atoms with Crippen molar-refractivity contribution in [3.05, 3.63) is 36.0 Å². The highest BCUT2D eigenvalue weighted by molar-refractivity contribution is 5.62. The van der Waals surface area contributed by atoms with Crippen molar-refractivity contribution in [3.63, 3.8) is 0 Å². The van der Waals surface area contributed by atoms with E-state index in [0.717, 1.165) is 22.7 Å². The SMILES string of the molecule is COc1cccc(-c2cc(C)nc(NN)n2)c1. The standard InChI is InChI=1S/C12H14N4O/c1-8-6-11(15-12(14-8)16-13)9-4-3-5-10(7-9)17-2/h3-7H,13H2,1-2H3,(H,14,15,16). The molecular weight excluding hydrogens is 216 g/mol. The first-order valence-electron chi connectivity index (χ1n) is 5.19. The lowest BCUT2D eigenvalue weighted by Gasteiger charge is -2.06. The number of hydrazine groups is 1. The molecule has 5 heteroatoms. The number of benzene rings is 1. The molecule has 1 heterocycles. The molecular formula is C12H14N4O. The Balaban J connectivity index is 2.47. The lowest BCUT2D eigenvalue weighted by atomic mass is 10.1. The molecule has 0 aliphatic rings. The fourth-order valence-electron chi connectivity index (χ4n) is 1.56. The molecule has 0 bridgehead atoms. The second kappa shape index (κ2) is 4.80. The van der Waals surface area contributed by atoms with Gasteiger partial charge < -0.3 is 4.74 Å². The largest absolute Gasteiger partial charge is 0.497 e. The molecule has 2 rings (SSSR count). The van der Waals surface area contributed by atoms with Crippen LogP contribution < -0.4 is 16.0 Å². The smallest absolute Gasteiger partial charge is 0.237 e. The van der Waals surface area contributed by atoms with E-state index in [1.54, 1.807) is 7.11 Å². The number of aryl methyl sites for hydroxylation is 1. The van der Waals surface area contributed by atoms with Crippen molar-refractivity contribution >= 4 is 5.95 Å². The van der Waals surface area contributed by atoms with Gasteiger partial charge in [0.2, 0.25) is 5.95 Å². The normalized spacial score (nSPS) is 10.1. The molecule has 0 aliphatic heterocycles. The van der Waals surface area contributed by atoms with Crippen molar-refractivity contribution < 1.29 is 4.74 Å². The van der Waals surface area contributed by atoms with Crippen LogP contribution in [0, 0.1) is 6.92 Å². The maximum absolute atomic E-state index is 5.32. The molecule has 0 spiro atoms. The Morgan fingerprint density at radius 3 is 2.76 bits per heavy atom. The van der Waals surface area contributed by atoms with E-state index in [4.69, 9.17) is 10.6 Å². The number of nitrogens with two attached hydrogens (primary N) is 1. The first kappa shape index (κ1) is 11.3. The van der Waals surface area contributed by atoms with Crippen LogP contribution in [0.3, 0.4) is 0 Å². The van der Waals surface area contributed by atoms with Gasteiger partial charge in [-0.25, -0.2) is 15.8 Å². The molecule has 2 aromatic rings. The molecule has 0 amide bonds. The summed E-state index contributed by atoms with van der Waals surface area (Å²) in [7, 11) is 1.64. The number of hydrogen-bond acceptors (Lipinski definition) is 5. The van der Waals surface area contributed by atoms with E-state index in [1.807, 2.05) is 37.3 Å². The summed E-state index contributed by atoms with van der Waals surface area (Å²) in [6, 6.07) is 9.59. The number of anilines is 1. The zero-order chi connectivity index (χ0) is 12.3. The Labute approximate surface area is 99.6 Å². The third kappa shape index (κ3) is 2.51. The average molecular weight is 230 g/mol. The Morgan fingerprint density at radius 2 is 2.06 bits per heavy atom.